The van der Waals surface area contributed by atoms with Crippen LogP contribution in [0.5, 0.6) is 0 Å². The van der Waals surface area contributed by atoms with Gasteiger partial charge in [-0.25, -0.2) is 14.4 Å². The smallest absolute Gasteiger partial charge is 0.135 e. The van der Waals surface area contributed by atoms with Crippen LogP contribution in [0.15, 0.2) is 6.07 Å². The molecule has 1 saturated carbocycles. The molecule has 2 fully saturated rings. The first-order valence-electron chi connectivity index (χ1n) is 6.16. The highest BCUT2D eigenvalue weighted by molar-refractivity contribution is 6.29. The molecule has 3 rings (SSSR count). The quantitative estimate of drug-likeness (QED) is 0.761. The number of anilines is 1. The molecule has 0 radical (unpaired) electrons. The molecular weight excluding hydrogens is 241 g/mol. The van der Waals surface area contributed by atoms with Gasteiger partial charge in [0.25, 0.3) is 0 Å². The van der Waals surface area contributed by atoms with Crippen LogP contribution < -0.4 is 4.90 Å². The maximum absolute atomic E-state index is 13.1. The number of nitrogens with zero attached hydrogens (tertiary/aromatic N) is 3. The van der Waals surface area contributed by atoms with Crippen LogP contribution in [0.1, 0.15) is 37.4 Å². The van der Waals surface area contributed by atoms with Crippen molar-refractivity contribution in [2.75, 3.05) is 18.0 Å². The lowest BCUT2D eigenvalue weighted by Gasteiger charge is -2.29. The summed E-state index contributed by atoms with van der Waals surface area (Å²) in [6.07, 6.45) is 2.82. The van der Waals surface area contributed by atoms with E-state index in [0.717, 1.165) is 37.6 Å². The van der Waals surface area contributed by atoms with Gasteiger partial charge >= 0.3 is 0 Å². The van der Waals surface area contributed by atoms with Crippen molar-refractivity contribution in [3.63, 3.8) is 0 Å². The van der Waals surface area contributed by atoms with Crippen molar-refractivity contribution in [3.8, 4) is 0 Å². The van der Waals surface area contributed by atoms with Gasteiger partial charge in [0.2, 0.25) is 0 Å². The molecule has 17 heavy (non-hydrogen) atoms. The molecule has 0 unspecified atom stereocenters. The fourth-order valence-corrected chi connectivity index (χ4v) is 2.37. The molecule has 2 heterocycles. The van der Waals surface area contributed by atoms with Crippen molar-refractivity contribution in [2.45, 2.75) is 37.8 Å². The minimum absolute atomic E-state index is 0.492. The standard InChI is InChI=1S/C12H15ClFN3/c13-10-7-11(16-12(15-10)8-1-2-8)17-5-3-9(14)4-6-17/h7-9H,1-6H2. The van der Waals surface area contributed by atoms with E-state index in [2.05, 4.69) is 14.9 Å². The minimum atomic E-state index is -0.661. The average Bonchev–Trinajstić information content (AvgIpc) is 3.13. The van der Waals surface area contributed by atoms with E-state index in [4.69, 9.17) is 11.6 Å². The Kier molecular flexibility index (Phi) is 2.90. The van der Waals surface area contributed by atoms with Gasteiger partial charge in [-0.1, -0.05) is 11.6 Å². The van der Waals surface area contributed by atoms with E-state index in [1.54, 1.807) is 6.07 Å². The SMILES string of the molecule is FC1CCN(c2cc(Cl)nc(C3CC3)n2)CC1. The Morgan fingerprint density at radius 2 is 1.88 bits per heavy atom. The van der Waals surface area contributed by atoms with Gasteiger partial charge in [-0.15, -0.1) is 0 Å². The predicted octanol–water partition coefficient (Wildman–Crippen LogP) is 2.95. The van der Waals surface area contributed by atoms with E-state index in [0.29, 0.717) is 23.9 Å². The van der Waals surface area contributed by atoms with Crippen molar-refractivity contribution < 1.29 is 4.39 Å². The first-order chi connectivity index (χ1) is 8.22. The highest BCUT2D eigenvalue weighted by Crippen LogP contribution is 2.39. The van der Waals surface area contributed by atoms with Gasteiger partial charge in [-0.05, 0) is 25.7 Å². The molecule has 1 aromatic heterocycles. The summed E-state index contributed by atoms with van der Waals surface area (Å²) in [6.45, 7) is 1.44. The maximum atomic E-state index is 13.1. The second-order valence-corrected chi connectivity index (χ2v) is 5.23. The molecule has 3 nitrogen and oxygen atoms in total. The molecule has 0 aromatic carbocycles. The summed E-state index contributed by atoms with van der Waals surface area (Å²) in [5.41, 5.74) is 0. The highest BCUT2D eigenvalue weighted by atomic mass is 35.5. The van der Waals surface area contributed by atoms with E-state index in [-0.39, 0.29) is 0 Å². The van der Waals surface area contributed by atoms with Crippen LogP contribution in [0.3, 0.4) is 0 Å². The number of rotatable bonds is 2. The van der Waals surface area contributed by atoms with Gasteiger partial charge in [0.05, 0.1) is 0 Å². The Labute approximate surface area is 105 Å². The Morgan fingerprint density at radius 1 is 1.18 bits per heavy atom. The van der Waals surface area contributed by atoms with Crippen molar-refractivity contribution in [2.24, 2.45) is 0 Å². The minimum Gasteiger partial charge on any atom is -0.356 e. The second-order valence-electron chi connectivity index (χ2n) is 4.84. The van der Waals surface area contributed by atoms with E-state index in [1.165, 1.54) is 0 Å². The molecule has 1 aromatic rings. The number of piperidine rings is 1. The molecule has 1 saturated heterocycles. The summed E-state index contributed by atoms with van der Waals surface area (Å²) in [5, 5.41) is 0.499. The lowest BCUT2D eigenvalue weighted by atomic mass is 10.1. The summed E-state index contributed by atoms with van der Waals surface area (Å²) < 4.78 is 13.1. The van der Waals surface area contributed by atoms with Gasteiger partial charge in [0.15, 0.2) is 0 Å². The van der Waals surface area contributed by atoms with Crippen LogP contribution in [0.4, 0.5) is 10.2 Å². The normalized spacial score (nSPS) is 21.9. The van der Waals surface area contributed by atoms with Crippen molar-refractivity contribution in [1.82, 2.24) is 9.97 Å². The summed E-state index contributed by atoms with van der Waals surface area (Å²) in [7, 11) is 0. The lowest BCUT2D eigenvalue weighted by Crippen LogP contribution is -2.35. The third-order valence-electron chi connectivity index (χ3n) is 3.39. The summed E-state index contributed by atoms with van der Waals surface area (Å²) in [5.74, 6) is 2.21. The summed E-state index contributed by atoms with van der Waals surface area (Å²) >= 11 is 6.02. The van der Waals surface area contributed by atoms with Crippen molar-refractivity contribution >= 4 is 17.4 Å². The van der Waals surface area contributed by atoms with Crippen LogP contribution >= 0.6 is 11.6 Å². The van der Waals surface area contributed by atoms with Crippen molar-refractivity contribution in [1.29, 1.82) is 0 Å². The monoisotopic (exact) mass is 255 g/mol. The summed E-state index contributed by atoms with van der Waals surface area (Å²) in [6, 6.07) is 1.78. The molecule has 1 aliphatic heterocycles. The van der Waals surface area contributed by atoms with Crippen LogP contribution in [-0.4, -0.2) is 29.2 Å². The first-order valence-corrected chi connectivity index (χ1v) is 6.53. The Hall–Kier alpha value is -0.900. The maximum Gasteiger partial charge on any atom is 0.135 e. The van der Waals surface area contributed by atoms with E-state index < -0.39 is 6.17 Å². The zero-order valence-corrected chi connectivity index (χ0v) is 10.3. The number of alkyl halides is 1. The van der Waals surface area contributed by atoms with Gasteiger partial charge < -0.3 is 4.90 Å². The van der Waals surface area contributed by atoms with Gasteiger partial charge in [0, 0.05) is 25.1 Å². The third kappa shape index (κ3) is 2.51. The predicted molar refractivity (Wildman–Crippen MR) is 65.4 cm³/mol. The molecular formula is C12H15ClFN3. The van der Waals surface area contributed by atoms with Crippen LogP contribution in [-0.2, 0) is 0 Å². The average molecular weight is 256 g/mol. The highest BCUT2D eigenvalue weighted by Gasteiger charge is 2.28. The molecule has 0 N–H and O–H groups in total. The first kappa shape index (κ1) is 11.2. The van der Waals surface area contributed by atoms with Crippen LogP contribution in [0.2, 0.25) is 5.15 Å². The molecule has 0 spiro atoms. The van der Waals surface area contributed by atoms with E-state index >= 15 is 0 Å². The molecule has 0 bridgehead atoms. The number of halogens is 2. The van der Waals surface area contributed by atoms with Gasteiger partial charge in [-0.3, -0.25) is 0 Å². The topological polar surface area (TPSA) is 29.0 Å². The molecule has 0 amide bonds. The Morgan fingerprint density at radius 3 is 2.53 bits per heavy atom. The van der Waals surface area contributed by atoms with E-state index in [9.17, 15) is 4.39 Å². The Bertz CT molecular complexity index is 414. The molecule has 92 valence electrons. The van der Waals surface area contributed by atoms with E-state index in [1.807, 2.05) is 0 Å². The second kappa shape index (κ2) is 4.41. The lowest BCUT2D eigenvalue weighted by molar-refractivity contribution is 0.276. The van der Waals surface area contributed by atoms with Crippen molar-refractivity contribution in [3.05, 3.63) is 17.0 Å². The fraction of sp³-hybridized carbons (Fsp3) is 0.667. The molecule has 5 heteroatoms. The zero-order valence-electron chi connectivity index (χ0n) is 9.57. The van der Waals surface area contributed by atoms with Gasteiger partial charge in [0.1, 0.15) is 23.0 Å². The Balaban J connectivity index is 1.81. The van der Waals surface area contributed by atoms with Gasteiger partial charge in [-0.2, -0.15) is 0 Å². The van der Waals surface area contributed by atoms with Crippen LogP contribution in [0, 0.1) is 0 Å². The summed E-state index contributed by atoms with van der Waals surface area (Å²) in [4.78, 5) is 10.9. The largest absolute Gasteiger partial charge is 0.356 e. The molecule has 1 aliphatic carbocycles. The third-order valence-corrected chi connectivity index (χ3v) is 3.58. The zero-order chi connectivity index (χ0) is 11.8. The number of aromatic nitrogens is 2. The molecule has 0 atom stereocenters. The number of hydrogen-bond donors (Lipinski definition) is 0. The molecule has 2 aliphatic rings. The van der Waals surface area contributed by atoms with Crippen LogP contribution in [0.25, 0.3) is 0 Å². The number of hydrogen-bond acceptors (Lipinski definition) is 3. The fourth-order valence-electron chi connectivity index (χ4n) is 2.19.